The van der Waals surface area contributed by atoms with E-state index in [4.69, 9.17) is 17.3 Å². The summed E-state index contributed by atoms with van der Waals surface area (Å²) in [5.41, 5.74) is 5.29. The zero-order valence-corrected chi connectivity index (χ0v) is 26.3. The van der Waals surface area contributed by atoms with E-state index in [1.807, 2.05) is 0 Å². The lowest BCUT2D eigenvalue weighted by Gasteiger charge is -2.43. The lowest BCUT2D eigenvalue weighted by atomic mass is 9.97. The molecular weight excluding hydrogens is 603 g/mol. The van der Waals surface area contributed by atoms with Gasteiger partial charge in [-0.3, -0.25) is 19.0 Å². The predicted octanol–water partition coefficient (Wildman–Crippen LogP) is 2.76. The maximum atomic E-state index is 14.3. The van der Waals surface area contributed by atoms with E-state index in [-0.39, 0.29) is 34.2 Å². The number of pyridine rings is 1. The van der Waals surface area contributed by atoms with Crippen LogP contribution in [0.4, 0.5) is 15.9 Å². The summed E-state index contributed by atoms with van der Waals surface area (Å²) in [5.74, 6) is 1.50. The van der Waals surface area contributed by atoms with E-state index in [0.717, 1.165) is 19.6 Å². The number of aryl methyl sites for hydroxylation is 1. The van der Waals surface area contributed by atoms with Crippen LogP contribution in [0.1, 0.15) is 31.2 Å². The maximum Gasteiger partial charge on any atom is 0.263 e. The number of nitrogens with one attached hydrogen (secondary N) is 1. The van der Waals surface area contributed by atoms with E-state index in [1.165, 1.54) is 27.6 Å². The van der Waals surface area contributed by atoms with Gasteiger partial charge in [0.2, 0.25) is 11.7 Å². The van der Waals surface area contributed by atoms with Gasteiger partial charge in [-0.15, -0.1) is 0 Å². The molecule has 2 aliphatic rings. The number of halogens is 2. The SMILES string of the molecule is Cc1nc2c(c(C3C#CC(F)=C(O)C(C(N)=O)=C3)cn2CC(=O)Nc2cc(N3CCN(C)CC3C(C)C)ncc2Cl)c(=O)n1C. The van der Waals surface area contributed by atoms with Gasteiger partial charge in [0.05, 0.1) is 33.8 Å². The van der Waals surface area contributed by atoms with Crippen molar-refractivity contribution in [1.29, 1.82) is 0 Å². The van der Waals surface area contributed by atoms with E-state index in [2.05, 4.69) is 57.8 Å². The zero-order chi connectivity index (χ0) is 32.7. The monoisotopic (exact) mass is 636 g/mol. The second-order valence-corrected chi connectivity index (χ2v) is 12.0. The average Bonchev–Trinajstić information content (AvgIpc) is 3.25. The van der Waals surface area contributed by atoms with Crippen LogP contribution in [0.15, 0.2) is 46.5 Å². The Hall–Kier alpha value is -4.67. The van der Waals surface area contributed by atoms with Crippen molar-refractivity contribution in [2.24, 2.45) is 18.7 Å². The number of carbonyl (C=O) groups is 2. The van der Waals surface area contributed by atoms with Crippen LogP contribution >= 0.6 is 11.6 Å². The van der Waals surface area contributed by atoms with Crippen molar-refractivity contribution in [1.82, 2.24) is 24.0 Å². The lowest BCUT2D eigenvalue weighted by Crippen LogP contribution is -2.54. The number of carbonyl (C=O) groups excluding carboxylic acids is 2. The number of fused-ring (bicyclic) bond motifs is 1. The molecular formula is C31H34ClFN8O4. The number of aliphatic hydroxyl groups excluding tert-OH is 1. The standard InChI is InChI=1S/C31H34ClFN8O4/c1-16(2)24-14-38(4)8-9-41(24)25-11-23(21(32)12-35-25)37-26(42)15-40-13-20(27-30(40)36-17(3)39(5)31(27)45)18-6-7-22(33)28(43)19(10-18)29(34)44/h10-13,16,18,24,43H,8-9,14-15H2,1-5H3,(H2,34,44)(H,35,37,42). The summed E-state index contributed by atoms with van der Waals surface area (Å²) >= 11 is 6.46. The van der Waals surface area contributed by atoms with E-state index < -0.39 is 40.5 Å². The van der Waals surface area contributed by atoms with Gasteiger partial charge in [0, 0.05) is 50.6 Å². The number of anilines is 2. The molecule has 1 fully saturated rings. The predicted molar refractivity (Wildman–Crippen MR) is 170 cm³/mol. The Morgan fingerprint density at radius 3 is 2.71 bits per heavy atom. The van der Waals surface area contributed by atoms with Gasteiger partial charge in [0.25, 0.3) is 11.5 Å². The number of primary amides is 1. The quantitative estimate of drug-likeness (QED) is 0.335. The molecule has 1 saturated heterocycles. The summed E-state index contributed by atoms with van der Waals surface area (Å²) in [4.78, 5) is 52.5. The van der Waals surface area contributed by atoms with E-state index in [1.54, 1.807) is 20.0 Å². The Morgan fingerprint density at radius 2 is 2.02 bits per heavy atom. The van der Waals surface area contributed by atoms with Crippen molar-refractivity contribution in [3.05, 3.63) is 68.5 Å². The molecule has 14 heteroatoms. The molecule has 0 radical (unpaired) electrons. The number of piperazine rings is 1. The molecule has 45 heavy (non-hydrogen) atoms. The molecule has 2 amide bonds. The summed E-state index contributed by atoms with van der Waals surface area (Å²) in [7, 11) is 3.63. The van der Waals surface area contributed by atoms with Crippen LogP contribution in [0, 0.1) is 24.7 Å². The largest absolute Gasteiger partial charge is 0.504 e. The Bertz CT molecular complexity index is 1900. The number of nitrogens with two attached hydrogens (primary N) is 1. The first-order valence-corrected chi connectivity index (χ1v) is 14.7. The van der Waals surface area contributed by atoms with E-state index in [9.17, 15) is 23.9 Å². The molecule has 0 saturated carbocycles. The number of aromatic nitrogens is 4. The van der Waals surface area contributed by atoms with Crippen LogP contribution in [0.3, 0.4) is 0 Å². The van der Waals surface area contributed by atoms with Crippen LogP contribution in [0.2, 0.25) is 5.02 Å². The molecule has 12 nitrogen and oxygen atoms in total. The second kappa shape index (κ2) is 12.4. The third-order valence-electron chi connectivity index (χ3n) is 8.20. The smallest absolute Gasteiger partial charge is 0.263 e. The lowest BCUT2D eigenvalue weighted by molar-refractivity contribution is -0.117. The first-order chi connectivity index (χ1) is 21.3. The summed E-state index contributed by atoms with van der Waals surface area (Å²) in [6.07, 6.45) is 4.20. The number of likely N-dealkylation sites (N-methyl/N-ethyl adjacent to an activating group) is 1. The molecule has 3 aromatic rings. The normalized spacial score (nSPS) is 18.9. The highest BCUT2D eigenvalue weighted by Gasteiger charge is 2.30. The molecule has 0 bridgehead atoms. The van der Waals surface area contributed by atoms with Gasteiger partial charge in [-0.1, -0.05) is 31.4 Å². The number of rotatable bonds is 7. The first kappa shape index (κ1) is 31.7. The fourth-order valence-corrected chi connectivity index (χ4v) is 5.76. The number of hydrogen-bond donors (Lipinski definition) is 3. The number of hydrogen-bond acceptors (Lipinski definition) is 8. The molecule has 3 aromatic heterocycles. The Kier molecular flexibility index (Phi) is 8.73. The molecule has 236 valence electrons. The van der Waals surface area contributed by atoms with Crippen molar-refractivity contribution in [2.45, 2.75) is 39.3 Å². The molecule has 2 atom stereocenters. The van der Waals surface area contributed by atoms with Crippen LogP contribution in [0.5, 0.6) is 0 Å². The number of nitrogens with zero attached hydrogens (tertiary/aromatic N) is 6. The minimum atomic E-state index is -1.22. The minimum absolute atomic E-state index is 0.121. The van der Waals surface area contributed by atoms with Crippen molar-refractivity contribution in [3.63, 3.8) is 0 Å². The Balaban J connectivity index is 1.50. The zero-order valence-electron chi connectivity index (χ0n) is 25.6. The summed E-state index contributed by atoms with van der Waals surface area (Å²) in [6, 6.07) is 1.98. The summed E-state index contributed by atoms with van der Waals surface area (Å²) in [5, 5.41) is 13.4. The van der Waals surface area contributed by atoms with Gasteiger partial charge in [0.1, 0.15) is 23.8 Å². The van der Waals surface area contributed by atoms with Gasteiger partial charge in [0.15, 0.2) is 5.76 Å². The van der Waals surface area contributed by atoms with E-state index >= 15 is 0 Å². The van der Waals surface area contributed by atoms with Gasteiger partial charge in [-0.2, -0.15) is 4.39 Å². The molecule has 0 spiro atoms. The van der Waals surface area contributed by atoms with Gasteiger partial charge in [-0.05, 0) is 31.9 Å². The van der Waals surface area contributed by atoms with Crippen molar-refractivity contribution in [3.8, 4) is 11.8 Å². The van der Waals surface area contributed by atoms with E-state index in [0.29, 0.717) is 23.2 Å². The van der Waals surface area contributed by atoms with Crippen molar-refractivity contribution < 1.29 is 19.1 Å². The molecule has 4 heterocycles. The van der Waals surface area contributed by atoms with Crippen molar-refractivity contribution >= 4 is 46.0 Å². The third kappa shape index (κ3) is 6.16. The second-order valence-electron chi connectivity index (χ2n) is 11.6. The summed E-state index contributed by atoms with van der Waals surface area (Å²) < 4.78 is 17.1. The number of aliphatic hydroxyl groups is 1. The fraction of sp³-hybridized carbons (Fsp3) is 0.387. The highest BCUT2D eigenvalue weighted by Crippen LogP contribution is 2.31. The van der Waals surface area contributed by atoms with Gasteiger partial charge in [-0.25, -0.2) is 9.97 Å². The maximum absolute atomic E-state index is 14.3. The highest BCUT2D eigenvalue weighted by molar-refractivity contribution is 6.33. The summed E-state index contributed by atoms with van der Waals surface area (Å²) in [6.45, 7) is 8.22. The van der Waals surface area contributed by atoms with Crippen LogP contribution in [-0.4, -0.2) is 73.6 Å². The first-order valence-electron chi connectivity index (χ1n) is 14.4. The Labute approximate surface area is 264 Å². The minimum Gasteiger partial charge on any atom is -0.504 e. The number of amides is 2. The van der Waals surface area contributed by atoms with Crippen LogP contribution in [0.25, 0.3) is 11.0 Å². The molecule has 2 unspecified atom stereocenters. The molecule has 1 aliphatic carbocycles. The van der Waals surface area contributed by atoms with Crippen molar-refractivity contribution in [2.75, 3.05) is 36.9 Å². The van der Waals surface area contributed by atoms with Crippen LogP contribution < -0.4 is 21.5 Å². The molecule has 5 rings (SSSR count). The number of allylic oxidation sites excluding steroid dienone is 2. The highest BCUT2D eigenvalue weighted by atomic mass is 35.5. The molecule has 0 aromatic carbocycles. The Morgan fingerprint density at radius 1 is 1.29 bits per heavy atom. The average molecular weight is 637 g/mol. The third-order valence-corrected chi connectivity index (χ3v) is 8.50. The van der Waals surface area contributed by atoms with Gasteiger partial charge >= 0.3 is 0 Å². The van der Waals surface area contributed by atoms with Gasteiger partial charge < -0.3 is 30.5 Å². The topological polar surface area (TPSA) is 152 Å². The fourth-order valence-electron chi connectivity index (χ4n) is 5.61. The molecule has 4 N–H and O–H groups in total. The van der Waals surface area contributed by atoms with Crippen LogP contribution in [-0.2, 0) is 23.2 Å². The molecule has 1 aliphatic heterocycles.